The topological polar surface area (TPSA) is 71.1 Å². The van der Waals surface area contributed by atoms with Gasteiger partial charge in [0.2, 0.25) is 0 Å². The van der Waals surface area contributed by atoms with Crippen LogP contribution in [0.5, 0.6) is 63.2 Å². The van der Waals surface area contributed by atoms with Gasteiger partial charge in [0.1, 0.15) is 17.2 Å². The Morgan fingerprint density at radius 2 is 0.517 bits per heavy atom. The highest BCUT2D eigenvalue weighted by Crippen LogP contribution is 2.65. The van der Waals surface area contributed by atoms with E-state index in [9.17, 15) is 0 Å². The Morgan fingerprint density at radius 3 is 0.931 bits per heavy atom. The molecule has 0 spiro atoms. The molecular weight excluding hydrogens is 1430 g/mol. The first-order valence-electron chi connectivity index (χ1n) is 39.0. The van der Waals surface area contributed by atoms with Gasteiger partial charge < -0.3 is 43.0 Å². The van der Waals surface area contributed by atoms with Gasteiger partial charge in [-0.2, -0.15) is 0 Å². The zero-order valence-corrected chi connectivity index (χ0v) is 63.9. The highest BCUT2D eigenvalue weighted by atomic mass is 16.6. The van der Waals surface area contributed by atoms with Crippen molar-refractivity contribution < 1.29 is 33.2 Å². The molecule has 0 fully saturated rings. The summed E-state index contributed by atoms with van der Waals surface area (Å²) in [5.74, 6) is 8.04. The number of rotatable bonds is 16. The Kier molecular flexibility index (Phi) is 17.9. The lowest BCUT2D eigenvalue weighted by Crippen LogP contribution is -2.29. The number of methoxy groups -OCH3 is 3. The van der Waals surface area contributed by atoms with Gasteiger partial charge >= 0.3 is 0 Å². The van der Waals surface area contributed by atoms with Crippen LogP contribution in [0.15, 0.2) is 406 Å². The third kappa shape index (κ3) is 12.0. The fourth-order valence-electron chi connectivity index (χ4n) is 17.7. The van der Waals surface area contributed by atoms with E-state index < -0.39 is 10.8 Å². The van der Waals surface area contributed by atoms with Gasteiger partial charge in [-0.25, -0.2) is 0 Å². The molecule has 0 N–H and O–H groups in total. The largest absolute Gasteiger partial charge is 0.497 e. The molecule has 556 valence electrons. The smallest absolute Gasteiger partial charge is 0.178 e. The molecule has 0 amide bonds. The van der Waals surface area contributed by atoms with E-state index in [1.165, 1.54) is 22.3 Å². The summed E-state index contributed by atoms with van der Waals surface area (Å²) in [6, 6.07) is 143. The van der Waals surface area contributed by atoms with Gasteiger partial charge in [0.15, 0.2) is 46.0 Å². The van der Waals surface area contributed by atoms with Crippen molar-refractivity contribution in [3.8, 4) is 119 Å². The molecule has 4 aliphatic rings. The molecule has 9 nitrogen and oxygen atoms in total. The predicted octanol–water partition coefficient (Wildman–Crippen LogP) is 27.9. The molecule has 2 atom stereocenters. The van der Waals surface area contributed by atoms with Crippen molar-refractivity contribution in [3.05, 3.63) is 451 Å². The van der Waals surface area contributed by atoms with Gasteiger partial charge in [0.05, 0.1) is 32.2 Å². The summed E-state index contributed by atoms with van der Waals surface area (Å²) < 4.78 is 43.3. The molecule has 0 bridgehead atoms. The quantitative estimate of drug-likeness (QED) is 0.0941. The van der Waals surface area contributed by atoms with Crippen molar-refractivity contribution >= 4 is 34.1 Å². The number of para-hydroxylation sites is 4. The van der Waals surface area contributed by atoms with E-state index in [0.717, 1.165) is 135 Å². The standard InChI is InChI=1S/C61H41NO2.C46H35NO5/c1-4-18-42(19-5-1)45-24-14-27-48(38-45)61(54-33-11-10-32-53(54)59-55(61)36-37-58-60(59)64-57-35-13-12-34-56(57)63-58)49-28-17-31-52(41-49)62(50-29-15-25-46(39-50)43-20-6-2-7-21-43)51-30-16-26-47(40-51)44-22-8-3-9-23-44;1-48-35-21-15-30(16-22-35)46(39-12-5-4-11-38(39)44-40(46)27-28-43-45(44)52-42-14-7-6-13-41(42)51-43)31-9-8-10-34(29-31)47(32-17-23-36(49-2)24-18-32)33-19-25-37(50-3)26-20-33/h1-41H;4-29H,1-3H3. The van der Waals surface area contributed by atoms with Crippen LogP contribution in [0.25, 0.3) is 55.6 Å². The van der Waals surface area contributed by atoms with Crippen molar-refractivity contribution in [1.82, 2.24) is 0 Å². The van der Waals surface area contributed by atoms with E-state index in [-0.39, 0.29) is 0 Å². The molecular formula is C107H76N2O7. The Hall–Kier alpha value is -15.1. The van der Waals surface area contributed by atoms with Crippen molar-refractivity contribution in [2.24, 2.45) is 0 Å². The molecule has 0 saturated heterocycles. The van der Waals surface area contributed by atoms with Gasteiger partial charge in [-0.05, 0) is 241 Å². The molecule has 17 aromatic rings. The number of ether oxygens (including phenoxy) is 7. The first-order chi connectivity index (χ1) is 57.3. The maximum Gasteiger partial charge on any atom is 0.178 e. The second-order valence-electron chi connectivity index (χ2n) is 29.2. The molecule has 0 radical (unpaired) electrons. The van der Waals surface area contributed by atoms with Crippen LogP contribution in [-0.2, 0) is 10.8 Å². The zero-order valence-electron chi connectivity index (χ0n) is 63.9. The Balaban J connectivity index is 0.000000153. The summed E-state index contributed by atoms with van der Waals surface area (Å²) in [6.07, 6.45) is 0. The van der Waals surface area contributed by atoms with Crippen LogP contribution in [0.4, 0.5) is 34.1 Å². The molecule has 116 heavy (non-hydrogen) atoms. The van der Waals surface area contributed by atoms with E-state index in [0.29, 0.717) is 40.2 Å². The lowest BCUT2D eigenvalue weighted by Gasteiger charge is -2.36. The lowest BCUT2D eigenvalue weighted by atomic mass is 9.67. The lowest BCUT2D eigenvalue weighted by molar-refractivity contribution is 0.360. The number of anilines is 6. The average Bonchev–Trinajstić information content (AvgIpc) is 1.53. The number of benzene rings is 17. The second-order valence-corrected chi connectivity index (χ2v) is 29.2. The van der Waals surface area contributed by atoms with Crippen LogP contribution in [0.1, 0.15) is 44.5 Å². The maximum absolute atomic E-state index is 6.88. The minimum atomic E-state index is -0.745. The number of hydrogen-bond donors (Lipinski definition) is 0. The number of nitrogens with zero attached hydrogens (tertiary/aromatic N) is 2. The molecule has 0 aromatic heterocycles. The molecule has 2 heterocycles. The van der Waals surface area contributed by atoms with Crippen molar-refractivity contribution in [3.63, 3.8) is 0 Å². The van der Waals surface area contributed by atoms with Crippen LogP contribution < -0.4 is 43.0 Å². The Labute approximate surface area is 674 Å². The minimum Gasteiger partial charge on any atom is -0.497 e. The normalized spacial score (nSPS) is 14.5. The monoisotopic (exact) mass is 1500 g/mol. The van der Waals surface area contributed by atoms with Crippen LogP contribution >= 0.6 is 0 Å². The van der Waals surface area contributed by atoms with Crippen molar-refractivity contribution in [2.75, 3.05) is 31.1 Å². The fourth-order valence-corrected chi connectivity index (χ4v) is 17.7. The molecule has 2 aliphatic carbocycles. The summed E-state index contributed by atoms with van der Waals surface area (Å²) >= 11 is 0. The van der Waals surface area contributed by atoms with Crippen LogP contribution in [-0.4, -0.2) is 21.3 Å². The molecule has 17 aromatic carbocycles. The first kappa shape index (κ1) is 70.1. The van der Waals surface area contributed by atoms with Gasteiger partial charge in [-0.1, -0.05) is 255 Å². The van der Waals surface area contributed by atoms with Crippen molar-refractivity contribution in [1.29, 1.82) is 0 Å². The second kappa shape index (κ2) is 29.6. The van der Waals surface area contributed by atoms with Crippen LogP contribution in [0.2, 0.25) is 0 Å². The van der Waals surface area contributed by atoms with E-state index in [2.05, 4.69) is 325 Å². The predicted molar refractivity (Wildman–Crippen MR) is 466 cm³/mol. The van der Waals surface area contributed by atoms with Crippen LogP contribution in [0.3, 0.4) is 0 Å². The van der Waals surface area contributed by atoms with E-state index in [1.54, 1.807) is 21.3 Å². The number of fused-ring (bicyclic) bond motifs is 12. The third-order valence-electron chi connectivity index (χ3n) is 22.9. The Morgan fingerprint density at radius 1 is 0.207 bits per heavy atom. The van der Waals surface area contributed by atoms with Gasteiger partial charge in [0, 0.05) is 45.3 Å². The maximum atomic E-state index is 6.88. The Bertz CT molecular complexity index is 6420. The number of hydrogen-bond acceptors (Lipinski definition) is 9. The summed E-state index contributed by atoms with van der Waals surface area (Å²) in [4.78, 5) is 4.66. The van der Waals surface area contributed by atoms with Gasteiger partial charge in [-0.15, -0.1) is 0 Å². The molecule has 0 saturated carbocycles. The fraction of sp³-hybridized carbons (Fsp3) is 0.0467. The van der Waals surface area contributed by atoms with Gasteiger partial charge in [-0.3, -0.25) is 0 Å². The van der Waals surface area contributed by atoms with E-state index in [4.69, 9.17) is 33.2 Å². The molecule has 2 unspecified atom stereocenters. The van der Waals surface area contributed by atoms with Crippen LogP contribution in [0, 0.1) is 0 Å². The SMILES string of the molecule is COc1ccc(N(c2ccc(OC)cc2)c2cccc(C3(c4ccc(OC)cc4)c4ccccc4-c4c3ccc3c4Oc4ccccc4O3)c2)cc1.c1ccc(-c2cccc(N(c3cccc(-c4ccccc4)c3)c3cccc(C4(c5cccc(-c6ccccc6)c5)c5ccccc5-c5c4ccc4c5Oc5ccccc5O4)c3)c2)cc1. The van der Waals surface area contributed by atoms with E-state index in [1.807, 2.05) is 91.0 Å². The highest BCUT2D eigenvalue weighted by Gasteiger charge is 2.51. The zero-order chi connectivity index (χ0) is 77.7. The minimum absolute atomic E-state index is 0.691. The summed E-state index contributed by atoms with van der Waals surface area (Å²) in [6.45, 7) is 0. The molecule has 2 aliphatic heterocycles. The van der Waals surface area contributed by atoms with E-state index >= 15 is 0 Å². The van der Waals surface area contributed by atoms with Crippen molar-refractivity contribution in [2.45, 2.75) is 10.8 Å². The summed E-state index contributed by atoms with van der Waals surface area (Å²) in [5.41, 5.74) is 25.1. The van der Waals surface area contributed by atoms with Gasteiger partial charge in [0.25, 0.3) is 0 Å². The summed E-state index contributed by atoms with van der Waals surface area (Å²) in [5, 5.41) is 0. The summed E-state index contributed by atoms with van der Waals surface area (Å²) in [7, 11) is 5.06. The average molecular weight is 1500 g/mol. The highest BCUT2D eigenvalue weighted by molar-refractivity contribution is 5.95. The molecule has 9 heteroatoms. The molecule has 21 rings (SSSR count). The third-order valence-corrected chi connectivity index (χ3v) is 22.9. The first-order valence-corrected chi connectivity index (χ1v) is 39.0.